The SMILES string of the molecule is COc1ccc(S(=O)(=O)N2CCOCC2)cc1NC(=O)C1CC(c2cccc(F)c2)=NO1. The normalized spacial score (nSPS) is 19.2. The summed E-state index contributed by atoms with van der Waals surface area (Å²) in [4.78, 5) is 18.0. The lowest BCUT2D eigenvalue weighted by molar-refractivity contribution is -0.125. The van der Waals surface area contributed by atoms with E-state index in [0.717, 1.165) is 0 Å². The standard InChI is InChI=1S/C21H22FN3O6S/c1-29-19-6-5-16(32(27,28)25-7-9-30-10-8-25)12-18(19)23-21(26)20-13-17(24-31-20)14-3-2-4-15(22)11-14/h2-6,11-12,20H,7-10,13H2,1H3,(H,23,26). The van der Waals surface area contributed by atoms with Crippen molar-refractivity contribution in [1.29, 1.82) is 0 Å². The van der Waals surface area contributed by atoms with Crippen LogP contribution in [0.3, 0.4) is 0 Å². The van der Waals surface area contributed by atoms with E-state index in [9.17, 15) is 17.6 Å². The first-order chi connectivity index (χ1) is 15.4. The fraction of sp³-hybridized carbons (Fsp3) is 0.333. The highest BCUT2D eigenvalue weighted by molar-refractivity contribution is 7.89. The molecule has 9 nitrogen and oxygen atoms in total. The zero-order valence-corrected chi connectivity index (χ0v) is 18.1. The number of carbonyl (C=O) groups is 1. The van der Waals surface area contributed by atoms with Gasteiger partial charge in [-0.3, -0.25) is 4.79 Å². The fourth-order valence-electron chi connectivity index (χ4n) is 3.45. The molecule has 2 aliphatic rings. The number of nitrogens with zero attached hydrogens (tertiary/aromatic N) is 2. The smallest absolute Gasteiger partial charge is 0.268 e. The van der Waals surface area contributed by atoms with Gasteiger partial charge in [-0.25, -0.2) is 12.8 Å². The van der Waals surface area contributed by atoms with E-state index in [1.165, 1.54) is 41.7 Å². The zero-order chi connectivity index (χ0) is 22.7. The third kappa shape index (κ3) is 4.59. The van der Waals surface area contributed by atoms with Crippen molar-refractivity contribution in [3.05, 3.63) is 53.8 Å². The Morgan fingerprint density at radius 2 is 2.00 bits per heavy atom. The summed E-state index contributed by atoms with van der Waals surface area (Å²) in [5.41, 5.74) is 1.16. The summed E-state index contributed by atoms with van der Waals surface area (Å²) in [6.45, 7) is 1.16. The number of amides is 1. The van der Waals surface area contributed by atoms with Crippen LogP contribution in [-0.4, -0.2) is 63.9 Å². The maximum atomic E-state index is 13.5. The predicted octanol–water partition coefficient (Wildman–Crippen LogP) is 1.99. The van der Waals surface area contributed by atoms with Gasteiger partial charge in [-0.15, -0.1) is 0 Å². The van der Waals surface area contributed by atoms with E-state index in [4.69, 9.17) is 14.3 Å². The van der Waals surface area contributed by atoms with Crippen LogP contribution in [0.1, 0.15) is 12.0 Å². The molecule has 2 heterocycles. The highest BCUT2D eigenvalue weighted by Gasteiger charge is 2.31. The van der Waals surface area contributed by atoms with Crippen molar-refractivity contribution in [2.24, 2.45) is 5.16 Å². The molecule has 0 radical (unpaired) electrons. The van der Waals surface area contributed by atoms with Crippen LogP contribution in [0.25, 0.3) is 0 Å². The minimum atomic E-state index is -3.76. The fourth-order valence-corrected chi connectivity index (χ4v) is 4.89. The van der Waals surface area contributed by atoms with Gasteiger partial charge < -0.3 is 19.6 Å². The van der Waals surface area contributed by atoms with Crippen LogP contribution in [0.2, 0.25) is 0 Å². The summed E-state index contributed by atoms with van der Waals surface area (Å²) in [5.74, 6) is -0.649. The van der Waals surface area contributed by atoms with Gasteiger partial charge in [-0.05, 0) is 30.3 Å². The Morgan fingerprint density at radius 1 is 1.22 bits per heavy atom. The van der Waals surface area contributed by atoms with E-state index in [-0.39, 0.29) is 30.1 Å². The highest BCUT2D eigenvalue weighted by Crippen LogP contribution is 2.30. The molecule has 32 heavy (non-hydrogen) atoms. The highest BCUT2D eigenvalue weighted by atomic mass is 32.2. The van der Waals surface area contributed by atoms with Crippen molar-refractivity contribution < 1.29 is 31.9 Å². The molecule has 0 bridgehead atoms. The molecule has 2 aliphatic heterocycles. The number of carbonyl (C=O) groups excluding carboxylic acids is 1. The number of morpholine rings is 1. The first-order valence-corrected chi connectivity index (χ1v) is 11.4. The summed E-state index contributed by atoms with van der Waals surface area (Å²) in [6.07, 6.45) is -0.805. The maximum absolute atomic E-state index is 13.5. The Kier molecular flexibility index (Phi) is 6.40. The lowest BCUT2D eigenvalue weighted by Crippen LogP contribution is -2.40. The summed E-state index contributed by atoms with van der Waals surface area (Å²) in [5, 5.41) is 6.55. The molecule has 1 unspecified atom stereocenters. The van der Waals surface area contributed by atoms with Gasteiger partial charge in [0, 0.05) is 25.1 Å². The minimum Gasteiger partial charge on any atom is -0.495 e. The molecule has 1 amide bonds. The Hall–Kier alpha value is -3.02. The summed E-state index contributed by atoms with van der Waals surface area (Å²) < 4.78 is 51.2. The number of oxime groups is 1. The second-order valence-electron chi connectivity index (χ2n) is 7.21. The maximum Gasteiger partial charge on any atom is 0.268 e. The van der Waals surface area contributed by atoms with E-state index in [1.807, 2.05) is 0 Å². The Balaban J connectivity index is 1.50. The van der Waals surface area contributed by atoms with Gasteiger partial charge in [0.25, 0.3) is 5.91 Å². The first kappa shape index (κ1) is 22.2. The van der Waals surface area contributed by atoms with Gasteiger partial charge in [0.05, 0.1) is 36.6 Å². The van der Waals surface area contributed by atoms with Crippen LogP contribution in [-0.2, 0) is 24.4 Å². The molecule has 0 spiro atoms. The van der Waals surface area contributed by atoms with Crippen molar-refractivity contribution in [1.82, 2.24) is 4.31 Å². The molecular weight excluding hydrogens is 441 g/mol. The van der Waals surface area contributed by atoms with Crippen LogP contribution >= 0.6 is 0 Å². The van der Waals surface area contributed by atoms with Gasteiger partial charge in [0.1, 0.15) is 11.6 Å². The molecule has 170 valence electrons. The lowest BCUT2D eigenvalue weighted by atomic mass is 10.0. The molecule has 1 saturated heterocycles. The van der Waals surface area contributed by atoms with E-state index < -0.39 is 27.9 Å². The largest absolute Gasteiger partial charge is 0.495 e. The van der Waals surface area contributed by atoms with Crippen molar-refractivity contribution in [3.8, 4) is 5.75 Å². The van der Waals surface area contributed by atoms with Crippen LogP contribution in [0.4, 0.5) is 10.1 Å². The summed E-state index contributed by atoms with van der Waals surface area (Å²) in [7, 11) is -2.34. The molecule has 1 fully saturated rings. The molecule has 2 aromatic rings. The molecule has 2 aromatic carbocycles. The number of halogens is 1. The third-order valence-corrected chi connectivity index (χ3v) is 7.05. The number of hydrogen-bond donors (Lipinski definition) is 1. The quantitative estimate of drug-likeness (QED) is 0.702. The Labute approximate surface area is 184 Å². The summed E-state index contributed by atoms with van der Waals surface area (Å²) >= 11 is 0. The molecule has 4 rings (SSSR count). The molecule has 1 atom stereocenters. The van der Waals surface area contributed by atoms with E-state index >= 15 is 0 Å². The number of rotatable bonds is 6. The van der Waals surface area contributed by atoms with E-state index in [0.29, 0.717) is 30.2 Å². The molecule has 0 aromatic heterocycles. The van der Waals surface area contributed by atoms with Crippen LogP contribution in [0.15, 0.2) is 52.5 Å². The van der Waals surface area contributed by atoms with Gasteiger partial charge in [-0.1, -0.05) is 17.3 Å². The topological polar surface area (TPSA) is 107 Å². The first-order valence-electron chi connectivity index (χ1n) is 9.94. The van der Waals surface area contributed by atoms with Crippen molar-refractivity contribution >= 4 is 27.3 Å². The average Bonchev–Trinajstić information content (AvgIpc) is 3.30. The molecule has 1 N–H and O–H groups in total. The number of hydrogen-bond acceptors (Lipinski definition) is 7. The third-order valence-electron chi connectivity index (χ3n) is 5.16. The van der Waals surface area contributed by atoms with Gasteiger partial charge in [0.15, 0.2) is 0 Å². The average molecular weight is 463 g/mol. The number of nitrogens with one attached hydrogen (secondary N) is 1. The second-order valence-corrected chi connectivity index (χ2v) is 9.15. The van der Waals surface area contributed by atoms with Crippen molar-refractivity contribution in [2.75, 3.05) is 38.7 Å². The predicted molar refractivity (Wildman–Crippen MR) is 114 cm³/mol. The van der Waals surface area contributed by atoms with Gasteiger partial charge in [-0.2, -0.15) is 4.31 Å². The Morgan fingerprint density at radius 3 is 2.72 bits per heavy atom. The van der Waals surface area contributed by atoms with Crippen LogP contribution in [0.5, 0.6) is 5.75 Å². The number of methoxy groups -OCH3 is 1. The number of anilines is 1. The van der Waals surface area contributed by atoms with Crippen molar-refractivity contribution in [3.63, 3.8) is 0 Å². The van der Waals surface area contributed by atoms with Crippen LogP contribution < -0.4 is 10.1 Å². The minimum absolute atomic E-state index is 0.0274. The van der Waals surface area contributed by atoms with E-state index in [1.54, 1.807) is 12.1 Å². The number of benzene rings is 2. The van der Waals surface area contributed by atoms with Gasteiger partial charge >= 0.3 is 0 Å². The second kappa shape index (κ2) is 9.23. The molecule has 0 saturated carbocycles. The number of ether oxygens (including phenoxy) is 2. The molecule has 11 heteroatoms. The van der Waals surface area contributed by atoms with Crippen LogP contribution in [0, 0.1) is 5.82 Å². The number of sulfonamides is 1. The van der Waals surface area contributed by atoms with E-state index in [2.05, 4.69) is 10.5 Å². The summed E-state index contributed by atoms with van der Waals surface area (Å²) in [6, 6.07) is 10.1. The van der Waals surface area contributed by atoms with Crippen molar-refractivity contribution in [2.45, 2.75) is 17.4 Å². The monoisotopic (exact) mass is 463 g/mol. The van der Waals surface area contributed by atoms with Gasteiger partial charge in [0.2, 0.25) is 16.1 Å². The Bertz CT molecular complexity index is 1150. The molecular formula is C21H22FN3O6S. The molecule has 0 aliphatic carbocycles. The zero-order valence-electron chi connectivity index (χ0n) is 17.3. The lowest BCUT2D eigenvalue weighted by Gasteiger charge is -2.26.